The molecule has 4 rings (SSSR count). The van der Waals surface area contributed by atoms with E-state index in [2.05, 4.69) is 47.7 Å². The Morgan fingerprint density at radius 3 is 2.38 bits per heavy atom. The van der Waals surface area contributed by atoms with Crippen molar-refractivity contribution in [2.24, 2.45) is 0 Å². The molecule has 1 aliphatic heterocycles. The van der Waals surface area contributed by atoms with Gasteiger partial charge in [0.2, 0.25) is 0 Å². The molecule has 1 aliphatic rings. The Kier molecular flexibility index (Phi) is 6.51. The van der Waals surface area contributed by atoms with Crippen LogP contribution in [0.4, 0.5) is 11.4 Å². The van der Waals surface area contributed by atoms with Crippen LogP contribution in [-0.2, 0) is 11.3 Å². The lowest BCUT2D eigenvalue weighted by Gasteiger charge is -2.29. The van der Waals surface area contributed by atoms with Gasteiger partial charge in [0, 0.05) is 36.6 Å². The molecule has 0 aliphatic carbocycles. The van der Waals surface area contributed by atoms with E-state index in [1.54, 1.807) is 7.11 Å². The van der Waals surface area contributed by atoms with E-state index >= 15 is 0 Å². The highest BCUT2D eigenvalue weighted by atomic mass is 16.5. The van der Waals surface area contributed by atoms with Gasteiger partial charge in [-0.3, -0.25) is 4.79 Å². The molecule has 0 unspecified atom stereocenters. The summed E-state index contributed by atoms with van der Waals surface area (Å²) in [4.78, 5) is 15.9. The van der Waals surface area contributed by atoms with Crippen molar-refractivity contribution in [3.05, 3.63) is 76.6 Å². The molecule has 1 N–H and O–H groups in total. The number of hydrogen-bond acceptors (Lipinski definition) is 4. The van der Waals surface area contributed by atoms with Crippen LogP contribution in [0.15, 0.2) is 48.5 Å². The number of anilines is 2. The summed E-state index contributed by atoms with van der Waals surface area (Å²) >= 11 is 0. The first-order valence-corrected chi connectivity index (χ1v) is 11.0. The molecule has 2 heterocycles. The average molecular weight is 434 g/mol. The molecule has 1 saturated heterocycles. The molecule has 1 fully saturated rings. The number of rotatable bonds is 6. The van der Waals surface area contributed by atoms with Gasteiger partial charge in [-0.15, -0.1) is 0 Å². The number of nitrogens with zero attached hydrogens (tertiary/aromatic N) is 2. The van der Waals surface area contributed by atoms with Crippen LogP contribution in [0.1, 0.15) is 32.9 Å². The Morgan fingerprint density at radius 1 is 1.03 bits per heavy atom. The first kappa shape index (κ1) is 22.0. The number of aryl methyl sites for hydroxylation is 1. The molecule has 6 heteroatoms. The van der Waals surface area contributed by atoms with Gasteiger partial charge in [0.05, 0.1) is 26.0 Å². The maximum atomic E-state index is 13.5. The molecule has 168 valence electrons. The monoisotopic (exact) mass is 433 g/mol. The van der Waals surface area contributed by atoms with Gasteiger partial charge in [0.15, 0.2) is 0 Å². The van der Waals surface area contributed by atoms with E-state index < -0.39 is 0 Å². The van der Waals surface area contributed by atoms with Crippen molar-refractivity contribution in [1.82, 2.24) is 4.57 Å². The fourth-order valence-electron chi connectivity index (χ4n) is 4.45. The molecular weight excluding hydrogens is 402 g/mol. The van der Waals surface area contributed by atoms with Crippen molar-refractivity contribution >= 4 is 17.3 Å². The zero-order chi connectivity index (χ0) is 22.7. The van der Waals surface area contributed by atoms with Crippen molar-refractivity contribution in [1.29, 1.82) is 0 Å². The van der Waals surface area contributed by atoms with Gasteiger partial charge in [-0.25, -0.2) is 0 Å². The van der Waals surface area contributed by atoms with Gasteiger partial charge >= 0.3 is 0 Å². The minimum atomic E-state index is -0.108. The number of nitrogens with one attached hydrogen (secondary N) is 1. The number of carbonyl (C=O) groups excluding carboxylic acids is 1. The van der Waals surface area contributed by atoms with Crippen LogP contribution in [0.5, 0.6) is 5.75 Å². The second-order valence-electron chi connectivity index (χ2n) is 8.20. The van der Waals surface area contributed by atoms with Crippen molar-refractivity contribution < 1.29 is 14.3 Å². The Hall–Kier alpha value is -3.25. The van der Waals surface area contributed by atoms with Gasteiger partial charge < -0.3 is 24.3 Å². The number of carbonyl (C=O) groups is 1. The van der Waals surface area contributed by atoms with E-state index in [1.165, 1.54) is 11.1 Å². The second kappa shape index (κ2) is 9.49. The van der Waals surface area contributed by atoms with Gasteiger partial charge in [-0.05, 0) is 56.2 Å². The first-order valence-electron chi connectivity index (χ1n) is 11.0. The fourth-order valence-corrected chi connectivity index (χ4v) is 4.45. The molecule has 0 bridgehead atoms. The minimum Gasteiger partial charge on any atom is -0.497 e. The predicted octanol–water partition coefficient (Wildman–Crippen LogP) is 4.56. The van der Waals surface area contributed by atoms with E-state index in [-0.39, 0.29) is 5.91 Å². The van der Waals surface area contributed by atoms with Crippen molar-refractivity contribution in [3.63, 3.8) is 0 Å². The third-order valence-corrected chi connectivity index (χ3v) is 6.21. The van der Waals surface area contributed by atoms with Crippen LogP contribution in [0.2, 0.25) is 0 Å². The molecule has 0 spiro atoms. The van der Waals surface area contributed by atoms with Gasteiger partial charge in [-0.1, -0.05) is 24.3 Å². The largest absolute Gasteiger partial charge is 0.497 e. The number of benzene rings is 2. The van der Waals surface area contributed by atoms with E-state index in [9.17, 15) is 4.79 Å². The zero-order valence-corrected chi connectivity index (χ0v) is 19.3. The summed E-state index contributed by atoms with van der Waals surface area (Å²) in [5.41, 5.74) is 7.11. The normalized spacial score (nSPS) is 13.8. The van der Waals surface area contributed by atoms with E-state index in [4.69, 9.17) is 9.47 Å². The van der Waals surface area contributed by atoms with Gasteiger partial charge in [0.25, 0.3) is 5.91 Å². The highest BCUT2D eigenvalue weighted by molar-refractivity contribution is 6.05. The number of aromatic nitrogens is 1. The quantitative estimate of drug-likeness (QED) is 0.619. The highest BCUT2D eigenvalue weighted by Crippen LogP contribution is 2.33. The Labute approximate surface area is 189 Å². The molecule has 6 nitrogen and oxygen atoms in total. The second-order valence-corrected chi connectivity index (χ2v) is 8.20. The Balaban J connectivity index is 1.74. The topological polar surface area (TPSA) is 55.7 Å². The summed E-state index contributed by atoms with van der Waals surface area (Å²) in [6, 6.07) is 15.7. The molecule has 1 amide bonds. The first-order chi connectivity index (χ1) is 15.5. The maximum absolute atomic E-state index is 13.5. The summed E-state index contributed by atoms with van der Waals surface area (Å²) in [6.45, 7) is 9.99. The molecular formula is C26H31N3O3. The maximum Gasteiger partial charge on any atom is 0.272 e. The van der Waals surface area contributed by atoms with Crippen LogP contribution in [-0.4, -0.2) is 43.9 Å². The average Bonchev–Trinajstić information content (AvgIpc) is 3.05. The fraction of sp³-hybridized carbons (Fsp3) is 0.346. The third-order valence-electron chi connectivity index (χ3n) is 6.21. The lowest BCUT2D eigenvalue weighted by Crippen LogP contribution is -2.36. The van der Waals surface area contributed by atoms with E-state index in [0.29, 0.717) is 25.5 Å². The van der Waals surface area contributed by atoms with Crippen molar-refractivity contribution in [3.8, 4) is 5.75 Å². The molecule has 0 saturated carbocycles. The summed E-state index contributed by atoms with van der Waals surface area (Å²) < 4.78 is 12.9. The molecule has 2 aromatic carbocycles. The Morgan fingerprint density at radius 2 is 1.72 bits per heavy atom. The smallest absolute Gasteiger partial charge is 0.272 e. The third kappa shape index (κ3) is 4.36. The summed E-state index contributed by atoms with van der Waals surface area (Å²) in [5.74, 6) is 0.649. The SMILES string of the molecule is COc1ccc(NC(=O)c2c(C)c(N3CCOCC3)c(C)n2Cc2ccccc2C)cc1. The van der Waals surface area contributed by atoms with Crippen LogP contribution >= 0.6 is 0 Å². The number of amides is 1. The predicted molar refractivity (Wildman–Crippen MR) is 128 cm³/mol. The van der Waals surface area contributed by atoms with Crippen molar-refractivity contribution in [2.45, 2.75) is 27.3 Å². The molecule has 0 atom stereocenters. The van der Waals surface area contributed by atoms with Crippen LogP contribution in [0.25, 0.3) is 0 Å². The van der Waals surface area contributed by atoms with Gasteiger partial charge in [0.1, 0.15) is 11.4 Å². The minimum absolute atomic E-state index is 0.108. The molecule has 32 heavy (non-hydrogen) atoms. The number of methoxy groups -OCH3 is 1. The summed E-state index contributed by atoms with van der Waals surface area (Å²) in [7, 11) is 1.63. The summed E-state index contributed by atoms with van der Waals surface area (Å²) in [6.07, 6.45) is 0. The molecule has 1 aromatic heterocycles. The van der Waals surface area contributed by atoms with Crippen molar-refractivity contribution in [2.75, 3.05) is 43.6 Å². The molecule has 0 radical (unpaired) electrons. The van der Waals surface area contributed by atoms with Crippen LogP contribution in [0.3, 0.4) is 0 Å². The summed E-state index contributed by atoms with van der Waals surface area (Å²) in [5, 5.41) is 3.08. The lowest BCUT2D eigenvalue weighted by molar-refractivity contribution is 0.101. The zero-order valence-electron chi connectivity index (χ0n) is 19.3. The van der Waals surface area contributed by atoms with Crippen LogP contribution < -0.4 is 15.0 Å². The highest BCUT2D eigenvalue weighted by Gasteiger charge is 2.27. The van der Waals surface area contributed by atoms with E-state index in [1.807, 2.05) is 36.4 Å². The lowest BCUT2D eigenvalue weighted by atomic mass is 10.1. The number of ether oxygens (including phenoxy) is 2. The standard InChI is InChI=1S/C26H31N3O3/c1-18-7-5-6-8-21(18)17-29-20(3)24(28-13-15-32-16-14-28)19(2)25(29)26(30)27-22-9-11-23(31-4)12-10-22/h5-12H,13-17H2,1-4H3,(H,27,30). The Bertz CT molecular complexity index is 1100. The number of hydrogen-bond donors (Lipinski definition) is 1. The molecule has 3 aromatic rings. The van der Waals surface area contributed by atoms with Crippen LogP contribution in [0, 0.1) is 20.8 Å². The van der Waals surface area contributed by atoms with E-state index in [0.717, 1.165) is 41.5 Å². The van der Waals surface area contributed by atoms with Gasteiger partial charge in [-0.2, -0.15) is 0 Å². The number of morpholine rings is 1.